The Kier molecular flexibility index (Phi) is 5.33. The van der Waals surface area contributed by atoms with Crippen molar-refractivity contribution in [3.8, 4) is 5.75 Å². The summed E-state index contributed by atoms with van der Waals surface area (Å²) >= 11 is 0. The van der Waals surface area contributed by atoms with Crippen molar-refractivity contribution in [1.82, 2.24) is 0 Å². The van der Waals surface area contributed by atoms with Crippen molar-refractivity contribution in [3.63, 3.8) is 0 Å². The third-order valence-corrected chi connectivity index (χ3v) is 2.94. The number of nitro groups is 1. The first-order valence-electron chi connectivity index (χ1n) is 5.79. The lowest BCUT2D eigenvalue weighted by molar-refractivity contribution is -0.484. The first-order valence-corrected chi connectivity index (χ1v) is 5.79. The van der Waals surface area contributed by atoms with Crippen LogP contribution in [-0.2, 0) is 9.59 Å². The predicted molar refractivity (Wildman–Crippen MR) is 66.3 cm³/mol. The van der Waals surface area contributed by atoms with Gasteiger partial charge in [-0.25, -0.2) is 8.78 Å². The number of rotatable bonds is 7. The van der Waals surface area contributed by atoms with Gasteiger partial charge in [-0.1, -0.05) is 0 Å². The van der Waals surface area contributed by atoms with Gasteiger partial charge in [0, 0.05) is 22.6 Å². The van der Waals surface area contributed by atoms with Crippen LogP contribution in [0.4, 0.5) is 8.78 Å². The molecule has 1 atom stereocenters. The summed E-state index contributed by atoms with van der Waals surface area (Å²) in [6.07, 6.45) is 0. The Bertz CT molecular complexity index is 582. The number of methoxy groups -OCH3 is 1. The SMILES string of the molecule is COc1cc(F)c(C(C[N+](=O)[O-])C(C(=O)O)C(=O)O)c(F)c1. The third kappa shape index (κ3) is 3.65. The van der Waals surface area contributed by atoms with Gasteiger partial charge in [-0.2, -0.15) is 0 Å². The number of halogens is 2. The van der Waals surface area contributed by atoms with Gasteiger partial charge in [0.1, 0.15) is 17.4 Å². The monoisotopic (exact) mass is 319 g/mol. The fraction of sp³-hybridized carbons (Fsp3) is 0.333. The number of carboxylic acid groups (broad SMARTS) is 2. The minimum atomic E-state index is -2.37. The smallest absolute Gasteiger partial charge is 0.318 e. The second-order valence-electron chi connectivity index (χ2n) is 4.28. The van der Waals surface area contributed by atoms with E-state index in [1.54, 1.807) is 0 Å². The second-order valence-corrected chi connectivity index (χ2v) is 4.28. The molecule has 0 radical (unpaired) electrons. The van der Waals surface area contributed by atoms with Gasteiger partial charge in [-0.3, -0.25) is 19.7 Å². The van der Waals surface area contributed by atoms with Gasteiger partial charge in [0.2, 0.25) is 6.54 Å². The molecule has 0 aliphatic rings. The molecular weight excluding hydrogens is 308 g/mol. The fourth-order valence-corrected chi connectivity index (χ4v) is 2.01. The normalized spacial score (nSPS) is 12.0. The van der Waals surface area contributed by atoms with E-state index >= 15 is 0 Å². The molecule has 0 bridgehead atoms. The molecule has 1 aromatic rings. The van der Waals surface area contributed by atoms with E-state index in [1.807, 2.05) is 0 Å². The molecule has 1 rings (SSSR count). The highest BCUT2D eigenvalue weighted by molar-refractivity contribution is 5.94. The molecule has 0 aromatic heterocycles. The van der Waals surface area contributed by atoms with E-state index in [1.165, 1.54) is 0 Å². The summed E-state index contributed by atoms with van der Waals surface area (Å²) in [4.78, 5) is 31.6. The molecule has 0 saturated carbocycles. The Morgan fingerprint density at radius 2 is 1.73 bits per heavy atom. The minimum Gasteiger partial charge on any atom is -0.497 e. The molecular formula is C12H11F2NO7. The zero-order valence-electron chi connectivity index (χ0n) is 11.2. The summed E-state index contributed by atoms with van der Waals surface area (Å²) in [6.45, 7) is -1.26. The quantitative estimate of drug-likeness (QED) is 0.438. The molecule has 120 valence electrons. The van der Waals surface area contributed by atoms with Crippen molar-refractivity contribution in [1.29, 1.82) is 0 Å². The molecule has 0 saturated heterocycles. The summed E-state index contributed by atoms with van der Waals surface area (Å²) < 4.78 is 32.5. The number of hydrogen-bond acceptors (Lipinski definition) is 5. The fourth-order valence-electron chi connectivity index (χ4n) is 2.01. The number of carboxylic acids is 2. The summed E-state index contributed by atoms with van der Waals surface area (Å²) in [5.41, 5.74) is -0.979. The molecule has 0 heterocycles. The highest BCUT2D eigenvalue weighted by Gasteiger charge is 2.42. The number of hydrogen-bond donors (Lipinski definition) is 2. The van der Waals surface area contributed by atoms with Crippen LogP contribution in [0.5, 0.6) is 5.75 Å². The van der Waals surface area contributed by atoms with E-state index in [0.29, 0.717) is 12.1 Å². The number of ether oxygens (including phenoxy) is 1. The molecule has 1 unspecified atom stereocenters. The number of aliphatic carboxylic acids is 2. The maximum atomic E-state index is 14.0. The first-order chi connectivity index (χ1) is 10.2. The molecule has 8 nitrogen and oxygen atoms in total. The molecule has 0 amide bonds. The van der Waals surface area contributed by atoms with Crippen LogP contribution < -0.4 is 4.74 Å². The van der Waals surface area contributed by atoms with Crippen molar-refractivity contribution in [2.24, 2.45) is 5.92 Å². The molecule has 10 heteroatoms. The maximum absolute atomic E-state index is 14.0. The van der Waals surface area contributed by atoms with Gasteiger partial charge in [0.25, 0.3) is 0 Å². The average Bonchev–Trinajstić information content (AvgIpc) is 2.35. The second kappa shape index (κ2) is 6.78. The summed E-state index contributed by atoms with van der Waals surface area (Å²) in [5.74, 6) is -11.1. The van der Waals surface area contributed by atoms with E-state index < -0.39 is 52.4 Å². The van der Waals surface area contributed by atoms with Crippen molar-refractivity contribution in [3.05, 3.63) is 39.4 Å². The van der Waals surface area contributed by atoms with Crippen LogP contribution in [0.25, 0.3) is 0 Å². The van der Waals surface area contributed by atoms with E-state index in [0.717, 1.165) is 7.11 Å². The molecule has 0 aliphatic carbocycles. The van der Waals surface area contributed by atoms with Crippen LogP contribution in [0.2, 0.25) is 0 Å². The van der Waals surface area contributed by atoms with Crippen LogP contribution in [-0.4, -0.2) is 40.7 Å². The van der Waals surface area contributed by atoms with Gasteiger partial charge in [0.05, 0.1) is 13.0 Å². The van der Waals surface area contributed by atoms with Crippen LogP contribution in [0.3, 0.4) is 0 Å². The Balaban J connectivity index is 3.49. The lowest BCUT2D eigenvalue weighted by Crippen LogP contribution is -2.34. The average molecular weight is 319 g/mol. The van der Waals surface area contributed by atoms with Gasteiger partial charge in [-0.15, -0.1) is 0 Å². The van der Waals surface area contributed by atoms with Gasteiger partial charge in [-0.05, 0) is 0 Å². The first kappa shape index (κ1) is 17.3. The lowest BCUT2D eigenvalue weighted by Gasteiger charge is -2.19. The third-order valence-electron chi connectivity index (χ3n) is 2.94. The summed E-state index contributed by atoms with van der Waals surface area (Å²) in [5, 5.41) is 28.4. The highest BCUT2D eigenvalue weighted by Crippen LogP contribution is 2.32. The predicted octanol–water partition coefficient (Wildman–Crippen LogP) is 1.12. The van der Waals surface area contributed by atoms with E-state index in [9.17, 15) is 28.5 Å². The topological polar surface area (TPSA) is 127 Å². The number of carbonyl (C=O) groups is 2. The standard InChI is InChI=1S/C12H11F2NO7/c1-22-5-2-7(13)9(8(14)3-5)6(4-15(20)21)10(11(16)17)12(18)19/h2-3,6,10H,4H2,1H3,(H,16,17)(H,18,19). The molecule has 0 fully saturated rings. The van der Waals surface area contributed by atoms with Crippen molar-refractivity contribution in [2.45, 2.75) is 5.92 Å². The molecule has 2 N–H and O–H groups in total. The Hall–Kier alpha value is -2.78. The largest absolute Gasteiger partial charge is 0.497 e. The van der Waals surface area contributed by atoms with Crippen LogP contribution in [0.15, 0.2) is 12.1 Å². The lowest BCUT2D eigenvalue weighted by atomic mass is 9.85. The van der Waals surface area contributed by atoms with E-state index in [4.69, 9.17) is 10.2 Å². The van der Waals surface area contributed by atoms with Crippen LogP contribution >= 0.6 is 0 Å². The summed E-state index contributed by atoms with van der Waals surface area (Å²) in [7, 11) is 1.12. The molecule has 1 aromatic carbocycles. The zero-order chi connectivity index (χ0) is 17.0. The van der Waals surface area contributed by atoms with E-state index in [-0.39, 0.29) is 5.75 Å². The van der Waals surface area contributed by atoms with E-state index in [2.05, 4.69) is 4.74 Å². The van der Waals surface area contributed by atoms with Crippen molar-refractivity contribution in [2.75, 3.05) is 13.7 Å². The van der Waals surface area contributed by atoms with Crippen molar-refractivity contribution >= 4 is 11.9 Å². The Labute approximate surface area is 122 Å². The zero-order valence-corrected chi connectivity index (χ0v) is 11.2. The Morgan fingerprint density at radius 1 is 1.27 bits per heavy atom. The Morgan fingerprint density at radius 3 is 2.05 bits per heavy atom. The van der Waals surface area contributed by atoms with Crippen LogP contribution in [0.1, 0.15) is 11.5 Å². The molecule has 22 heavy (non-hydrogen) atoms. The van der Waals surface area contributed by atoms with Gasteiger partial charge >= 0.3 is 11.9 Å². The summed E-state index contributed by atoms with van der Waals surface area (Å²) in [6, 6.07) is 1.37. The number of nitrogens with zero attached hydrogens (tertiary/aromatic N) is 1. The van der Waals surface area contributed by atoms with Crippen LogP contribution in [0, 0.1) is 27.7 Å². The molecule has 0 spiro atoms. The van der Waals surface area contributed by atoms with Gasteiger partial charge in [0.15, 0.2) is 5.92 Å². The highest BCUT2D eigenvalue weighted by atomic mass is 19.1. The van der Waals surface area contributed by atoms with Crippen molar-refractivity contribution < 1.29 is 38.2 Å². The maximum Gasteiger partial charge on any atom is 0.318 e. The molecule has 0 aliphatic heterocycles. The minimum absolute atomic E-state index is 0.235. The van der Waals surface area contributed by atoms with Gasteiger partial charge < -0.3 is 14.9 Å². The number of benzene rings is 1.